The zero-order valence-electron chi connectivity index (χ0n) is 38.0. The lowest BCUT2D eigenvalue weighted by Gasteiger charge is -2.35. The number of para-hydroxylation sites is 2. The van der Waals surface area contributed by atoms with Crippen molar-refractivity contribution in [1.29, 1.82) is 0 Å². The number of fused-ring (bicyclic) bond motifs is 9. The van der Waals surface area contributed by atoms with E-state index in [4.69, 9.17) is 11.0 Å². The monoisotopic (exact) mass is 859 g/mol. The van der Waals surface area contributed by atoms with Crippen LogP contribution in [0.2, 0.25) is 0 Å². The molecule has 0 bridgehead atoms. The molecule has 67 heavy (non-hydrogen) atoms. The number of hydrogen-bond acceptors (Lipinski definition) is 2. The fourth-order valence-corrected chi connectivity index (χ4v) is 11.3. The summed E-state index contributed by atoms with van der Waals surface area (Å²) in [5.41, 5.74) is 21.4. The zero-order chi connectivity index (χ0) is 45.3. The molecule has 0 radical (unpaired) electrons. The molecule has 0 spiro atoms. The highest BCUT2D eigenvalue weighted by molar-refractivity contribution is 6.09. The highest BCUT2D eigenvalue weighted by Crippen LogP contribution is 2.58. The molecule has 0 saturated carbocycles. The van der Waals surface area contributed by atoms with Gasteiger partial charge in [-0.25, -0.2) is 0 Å². The summed E-state index contributed by atoms with van der Waals surface area (Å²) in [4.78, 5) is 2.40. The van der Waals surface area contributed by atoms with E-state index in [0.717, 1.165) is 55.7 Å². The summed E-state index contributed by atoms with van der Waals surface area (Å²) >= 11 is 0. The lowest BCUT2D eigenvalue weighted by atomic mass is 9.67. The van der Waals surface area contributed by atoms with E-state index in [1.807, 2.05) is 19.1 Å². The molecule has 1 unspecified atom stereocenters. The molecule has 2 aliphatic rings. The predicted octanol–water partition coefficient (Wildman–Crippen LogP) is 17.7. The van der Waals surface area contributed by atoms with Crippen molar-refractivity contribution in [2.24, 2.45) is 0 Å². The summed E-state index contributed by atoms with van der Waals surface area (Å²) in [6.07, 6.45) is 8.43. The second-order valence-corrected chi connectivity index (χ2v) is 18.4. The van der Waals surface area contributed by atoms with Gasteiger partial charge in [0.05, 0.1) is 5.41 Å². The smallest absolute Gasteiger partial charge is 0.143 e. The van der Waals surface area contributed by atoms with Gasteiger partial charge in [-0.3, -0.25) is 0 Å². The molecular formula is C65H49NO. The van der Waals surface area contributed by atoms with Crippen LogP contribution in [0.4, 0.5) is 17.1 Å². The first-order valence-corrected chi connectivity index (χ1v) is 23.3. The summed E-state index contributed by atoms with van der Waals surface area (Å²) in [6.45, 7) is 11.6. The molecule has 320 valence electrons. The maximum absolute atomic E-state index is 6.51. The third kappa shape index (κ3) is 6.17. The summed E-state index contributed by atoms with van der Waals surface area (Å²) < 4.78 is 6.51. The molecule has 0 fully saturated rings. The highest BCUT2D eigenvalue weighted by atomic mass is 16.3. The molecule has 1 aromatic heterocycles. The Hall–Kier alpha value is -8.20. The van der Waals surface area contributed by atoms with Crippen molar-refractivity contribution in [3.8, 4) is 44.5 Å². The molecule has 2 heteroatoms. The lowest BCUT2D eigenvalue weighted by Crippen LogP contribution is -2.28. The fourth-order valence-electron chi connectivity index (χ4n) is 11.3. The Morgan fingerprint density at radius 1 is 0.478 bits per heavy atom. The van der Waals surface area contributed by atoms with Crippen molar-refractivity contribution in [2.45, 2.75) is 31.6 Å². The van der Waals surface area contributed by atoms with Crippen LogP contribution in [-0.4, -0.2) is 0 Å². The number of anilines is 3. The van der Waals surface area contributed by atoms with Gasteiger partial charge < -0.3 is 9.32 Å². The zero-order valence-corrected chi connectivity index (χ0v) is 38.0. The Balaban J connectivity index is 1.03. The van der Waals surface area contributed by atoms with E-state index >= 15 is 0 Å². The van der Waals surface area contributed by atoms with Gasteiger partial charge in [-0.2, -0.15) is 0 Å². The topological polar surface area (TPSA) is 16.4 Å². The Labute approximate surface area is 393 Å². The van der Waals surface area contributed by atoms with Crippen LogP contribution in [0.15, 0.2) is 247 Å². The average molecular weight is 860 g/mol. The van der Waals surface area contributed by atoms with E-state index < -0.39 is 5.41 Å². The summed E-state index contributed by atoms with van der Waals surface area (Å²) in [7, 11) is 0. The second kappa shape index (κ2) is 15.8. The van der Waals surface area contributed by atoms with Crippen LogP contribution in [0.1, 0.15) is 48.6 Å². The maximum atomic E-state index is 6.51. The molecule has 2 nitrogen and oxygen atoms in total. The summed E-state index contributed by atoms with van der Waals surface area (Å²) in [6, 6.07) is 75.4. The van der Waals surface area contributed by atoms with E-state index in [9.17, 15) is 0 Å². The second-order valence-electron chi connectivity index (χ2n) is 18.4. The Kier molecular flexibility index (Phi) is 9.48. The predicted molar refractivity (Wildman–Crippen MR) is 282 cm³/mol. The number of hydrogen-bond donors (Lipinski definition) is 0. The summed E-state index contributed by atoms with van der Waals surface area (Å²) in [5, 5.41) is 2.25. The van der Waals surface area contributed by atoms with Crippen LogP contribution in [0.5, 0.6) is 0 Å². The van der Waals surface area contributed by atoms with E-state index in [2.05, 4.69) is 237 Å². The van der Waals surface area contributed by atoms with Crippen LogP contribution in [0, 0.1) is 0 Å². The van der Waals surface area contributed by atoms with E-state index in [1.165, 1.54) is 61.2 Å². The molecule has 1 atom stereocenters. The molecule has 0 saturated heterocycles. The van der Waals surface area contributed by atoms with Crippen LogP contribution < -0.4 is 4.90 Å². The van der Waals surface area contributed by atoms with Crippen molar-refractivity contribution in [1.82, 2.24) is 0 Å². The van der Waals surface area contributed by atoms with Crippen LogP contribution >= 0.6 is 0 Å². The molecule has 2 aliphatic carbocycles. The quantitative estimate of drug-likeness (QED) is 0.134. The molecule has 1 heterocycles. The van der Waals surface area contributed by atoms with Crippen molar-refractivity contribution < 1.29 is 4.42 Å². The standard InChI is InChI=1S/C65H49NO/c1-5-6-8-19-43(2)65(46-20-9-7-10-21-46)58-29-15-11-22-52(58)53-41-40-49(42-60(53)65)66(48-38-34-45(35-39-48)51-26-17-27-55-54-23-13-16-31-61(54)67-63(51)55)47-36-32-44(33-37-47)50-25-18-30-59-62(50)56-24-12-14-28-57(56)64(59,3)4/h5-42H,2H2,1,3-4H3/b6-5-,19-8-. The molecule has 0 aliphatic heterocycles. The van der Waals surface area contributed by atoms with Crippen LogP contribution in [0.25, 0.3) is 66.4 Å². The normalized spacial score (nSPS) is 15.5. The van der Waals surface area contributed by atoms with Crippen molar-refractivity contribution in [3.63, 3.8) is 0 Å². The molecule has 0 amide bonds. The van der Waals surface area contributed by atoms with Crippen LogP contribution in [-0.2, 0) is 10.8 Å². The first-order chi connectivity index (χ1) is 32.9. The van der Waals surface area contributed by atoms with Gasteiger partial charge in [0.1, 0.15) is 11.2 Å². The van der Waals surface area contributed by atoms with Gasteiger partial charge in [0, 0.05) is 38.8 Å². The molecule has 9 aromatic carbocycles. The van der Waals surface area contributed by atoms with Crippen LogP contribution in [0.3, 0.4) is 0 Å². The third-order valence-electron chi connectivity index (χ3n) is 14.5. The molecule has 12 rings (SSSR count). The minimum atomic E-state index is -0.621. The van der Waals surface area contributed by atoms with Crippen molar-refractivity contribution >= 4 is 39.0 Å². The Morgan fingerprint density at radius 2 is 1.04 bits per heavy atom. The van der Waals surface area contributed by atoms with Gasteiger partial charge in [-0.1, -0.05) is 209 Å². The lowest BCUT2D eigenvalue weighted by molar-refractivity contribution is 0.660. The Morgan fingerprint density at radius 3 is 1.81 bits per heavy atom. The number of benzene rings is 9. The third-order valence-corrected chi connectivity index (χ3v) is 14.5. The van der Waals surface area contributed by atoms with E-state index in [0.29, 0.717) is 0 Å². The molecule has 0 N–H and O–H groups in total. The number of nitrogens with zero attached hydrogens (tertiary/aromatic N) is 1. The molecule has 10 aromatic rings. The van der Waals surface area contributed by atoms with Gasteiger partial charge in [-0.05, 0) is 122 Å². The van der Waals surface area contributed by atoms with Gasteiger partial charge in [0.2, 0.25) is 0 Å². The summed E-state index contributed by atoms with van der Waals surface area (Å²) in [5.74, 6) is 0. The fraction of sp³-hybridized carbons (Fsp3) is 0.0769. The van der Waals surface area contributed by atoms with Gasteiger partial charge in [0.25, 0.3) is 0 Å². The minimum absolute atomic E-state index is 0.0727. The van der Waals surface area contributed by atoms with Crippen molar-refractivity contribution in [3.05, 3.63) is 271 Å². The largest absolute Gasteiger partial charge is 0.455 e. The minimum Gasteiger partial charge on any atom is -0.455 e. The molecular weight excluding hydrogens is 811 g/mol. The van der Waals surface area contributed by atoms with Crippen molar-refractivity contribution in [2.75, 3.05) is 4.90 Å². The van der Waals surface area contributed by atoms with E-state index in [-0.39, 0.29) is 5.41 Å². The number of allylic oxidation sites excluding steroid dienone is 5. The average Bonchev–Trinajstić information content (AvgIpc) is 3.99. The highest BCUT2D eigenvalue weighted by Gasteiger charge is 2.46. The maximum Gasteiger partial charge on any atom is 0.143 e. The van der Waals surface area contributed by atoms with E-state index in [1.54, 1.807) is 0 Å². The SMILES string of the molecule is C=C(/C=C\C=C/C)C1(c2ccccc2)c2ccccc2-c2ccc(N(c3ccc(-c4cccc5c4-c4ccccc4C5(C)C)cc3)c3ccc(-c4cccc5c4oc4ccccc45)cc3)cc21. The van der Waals surface area contributed by atoms with Gasteiger partial charge in [0.15, 0.2) is 0 Å². The van der Waals surface area contributed by atoms with Gasteiger partial charge >= 0.3 is 0 Å². The number of rotatable bonds is 9. The van der Waals surface area contributed by atoms with Gasteiger partial charge in [-0.15, -0.1) is 0 Å². The first kappa shape index (κ1) is 40.3. The Bertz CT molecular complexity index is 3620. The first-order valence-electron chi connectivity index (χ1n) is 23.3. The number of furan rings is 1.